The molecule has 0 aliphatic carbocycles. The Morgan fingerprint density at radius 1 is 1.14 bits per heavy atom. The van der Waals surface area contributed by atoms with E-state index in [0.717, 1.165) is 11.6 Å². The number of hydrogen-bond donors (Lipinski definition) is 0. The lowest BCUT2D eigenvalue weighted by molar-refractivity contribution is -0.274. The third-order valence-electron chi connectivity index (χ3n) is 4.77. The fourth-order valence-electron chi connectivity index (χ4n) is 3.37. The second-order valence-electron chi connectivity index (χ2n) is 7.37. The smallest absolute Gasteiger partial charge is 0.492 e. The molecular weight excluding hydrogens is 387 g/mol. The molecule has 0 fully saturated rings. The minimum atomic E-state index is -4.89. The fraction of sp³-hybridized carbons (Fsp3) is 0.238. The molecule has 0 atom stereocenters. The highest BCUT2D eigenvalue weighted by molar-refractivity contribution is 5.86. The number of aromatic nitrogens is 1. The summed E-state index contributed by atoms with van der Waals surface area (Å²) in [5.74, 6) is 0.489. The predicted octanol–water partition coefficient (Wildman–Crippen LogP) is 5.39. The van der Waals surface area contributed by atoms with Crippen LogP contribution < -0.4 is 9.47 Å². The molecule has 0 saturated heterocycles. The molecule has 0 saturated carbocycles. The van der Waals surface area contributed by atoms with Gasteiger partial charge in [-0.1, -0.05) is 19.0 Å². The highest BCUT2D eigenvalue weighted by Crippen LogP contribution is 2.49. The van der Waals surface area contributed by atoms with Gasteiger partial charge in [-0.2, -0.15) is 0 Å². The summed E-state index contributed by atoms with van der Waals surface area (Å²) in [7, 11) is 0. The van der Waals surface area contributed by atoms with E-state index in [-0.39, 0.29) is 16.5 Å². The summed E-state index contributed by atoms with van der Waals surface area (Å²) in [5, 5.41) is 3.70. The van der Waals surface area contributed by atoms with Crippen molar-refractivity contribution in [3.05, 3.63) is 53.7 Å². The first kappa shape index (κ1) is 19.0. The molecule has 0 N–H and O–H groups in total. The zero-order valence-corrected chi connectivity index (χ0v) is 15.5. The number of nitrogens with zero attached hydrogens (tertiary/aromatic N) is 1. The summed E-state index contributed by atoms with van der Waals surface area (Å²) in [5.41, 5.74) is 1.77. The summed E-state index contributed by atoms with van der Waals surface area (Å²) in [6.07, 6.45) is -2.84. The fourth-order valence-corrected chi connectivity index (χ4v) is 3.37. The predicted molar refractivity (Wildman–Crippen MR) is 98.0 cm³/mol. The third-order valence-corrected chi connectivity index (χ3v) is 4.77. The molecule has 0 unspecified atom stereocenters. The third kappa shape index (κ3) is 3.57. The molecule has 5 nitrogen and oxygen atoms in total. The zero-order chi connectivity index (χ0) is 20.8. The highest BCUT2D eigenvalue weighted by Gasteiger charge is 2.37. The summed E-state index contributed by atoms with van der Waals surface area (Å²) in [6, 6.07) is 8.92. The van der Waals surface area contributed by atoms with Crippen LogP contribution in [0.25, 0.3) is 22.5 Å². The SMILES string of the molecule is CC1(C)COc2c(-c3cc(C=O)ccc3OC(F)(F)F)cc(-c3ccno3)cc21. The molecular formula is C21H16F3NO4. The van der Waals surface area contributed by atoms with Crippen molar-refractivity contribution in [3.63, 3.8) is 0 Å². The van der Waals surface area contributed by atoms with Gasteiger partial charge in [0.05, 0.1) is 12.8 Å². The van der Waals surface area contributed by atoms with E-state index in [1.807, 2.05) is 19.9 Å². The average molecular weight is 403 g/mol. The quantitative estimate of drug-likeness (QED) is 0.547. The van der Waals surface area contributed by atoms with Crippen molar-refractivity contribution in [2.75, 3.05) is 6.61 Å². The van der Waals surface area contributed by atoms with E-state index in [1.165, 1.54) is 18.3 Å². The number of ether oxygens (including phenoxy) is 2. The number of alkyl halides is 3. The van der Waals surface area contributed by atoms with Crippen molar-refractivity contribution in [1.82, 2.24) is 5.16 Å². The van der Waals surface area contributed by atoms with E-state index in [1.54, 1.807) is 12.1 Å². The standard InChI is InChI=1S/C21H16F3NO4/c1-20(2)11-27-19-15(8-13(9-16(19)20)17-5-6-25-29-17)14-7-12(10-26)3-4-18(14)28-21(22,23)24/h3-10H,11H2,1-2H3. The Balaban J connectivity index is 1.99. The van der Waals surface area contributed by atoms with E-state index >= 15 is 0 Å². The number of fused-ring (bicyclic) bond motifs is 1. The van der Waals surface area contributed by atoms with Crippen molar-refractivity contribution in [2.24, 2.45) is 0 Å². The van der Waals surface area contributed by atoms with Crippen LogP contribution in [0, 0.1) is 0 Å². The monoisotopic (exact) mass is 403 g/mol. The summed E-state index contributed by atoms with van der Waals surface area (Å²) >= 11 is 0. The number of halogens is 3. The average Bonchev–Trinajstić information content (AvgIpc) is 3.29. The number of aldehydes is 1. The van der Waals surface area contributed by atoms with Crippen molar-refractivity contribution in [2.45, 2.75) is 25.6 Å². The first-order valence-electron chi connectivity index (χ1n) is 8.76. The molecule has 0 spiro atoms. The van der Waals surface area contributed by atoms with Gasteiger partial charge in [0.25, 0.3) is 0 Å². The highest BCUT2D eigenvalue weighted by atomic mass is 19.4. The maximum atomic E-state index is 13.0. The van der Waals surface area contributed by atoms with Crippen LogP contribution >= 0.6 is 0 Å². The van der Waals surface area contributed by atoms with Crippen LogP contribution in [0.15, 0.2) is 47.1 Å². The minimum Gasteiger partial charge on any atom is -0.492 e. The molecule has 1 aliphatic rings. The van der Waals surface area contributed by atoms with Crippen LogP contribution in [0.4, 0.5) is 13.2 Å². The molecule has 1 aliphatic heterocycles. The molecule has 0 bridgehead atoms. The lowest BCUT2D eigenvalue weighted by Gasteiger charge is -2.18. The largest absolute Gasteiger partial charge is 0.573 e. The second kappa shape index (κ2) is 6.65. The summed E-state index contributed by atoms with van der Waals surface area (Å²) in [6.45, 7) is 4.31. The Morgan fingerprint density at radius 2 is 1.93 bits per heavy atom. The van der Waals surface area contributed by atoms with E-state index in [4.69, 9.17) is 9.26 Å². The Labute approximate surface area is 164 Å². The normalized spacial score (nSPS) is 14.9. The Hall–Kier alpha value is -3.29. The maximum absolute atomic E-state index is 13.0. The molecule has 2 heterocycles. The van der Waals surface area contributed by atoms with Gasteiger partial charge < -0.3 is 14.0 Å². The summed E-state index contributed by atoms with van der Waals surface area (Å²) in [4.78, 5) is 11.3. The molecule has 3 aromatic rings. The van der Waals surface area contributed by atoms with Gasteiger partial charge in [-0.3, -0.25) is 4.79 Å². The van der Waals surface area contributed by atoms with Gasteiger partial charge in [0, 0.05) is 39.3 Å². The van der Waals surface area contributed by atoms with Gasteiger partial charge in [-0.25, -0.2) is 0 Å². The van der Waals surface area contributed by atoms with Crippen LogP contribution in [0.3, 0.4) is 0 Å². The molecule has 0 radical (unpaired) electrons. The van der Waals surface area contributed by atoms with Gasteiger partial charge >= 0.3 is 6.36 Å². The van der Waals surface area contributed by atoms with Crippen molar-refractivity contribution in [3.8, 4) is 33.9 Å². The lowest BCUT2D eigenvalue weighted by Crippen LogP contribution is -2.18. The molecule has 150 valence electrons. The van der Waals surface area contributed by atoms with Crippen LogP contribution in [-0.2, 0) is 5.41 Å². The Morgan fingerprint density at radius 3 is 2.59 bits per heavy atom. The van der Waals surface area contributed by atoms with Crippen molar-refractivity contribution >= 4 is 6.29 Å². The molecule has 1 aromatic heterocycles. The van der Waals surface area contributed by atoms with Gasteiger partial charge in [0.1, 0.15) is 17.8 Å². The Kier molecular flexibility index (Phi) is 4.37. The Bertz CT molecular complexity index is 1070. The van der Waals surface area contributed by atoms with Crippen LogP contribution in [0.2, 0.25) is 0 Å². The van der Waals surface area contributed by atoms with Gasteiger partial charge in [-0.15, -0.1) is 13.2 Å². The first-order valence-corrected chi connectivity index (χ1v) is 8.76. The van der Waals surface area contributed by atoms with Crippen LogP contribution in [0.1, 0.15) is 29.8 Å². The van der Waals surface area contributed by atoms with E-state index in [0.29, 0.717) is 35.5 Å². The van der Waals surface area contributed by atoms with Crippen LogP contribution in [-0.4, -0.2) is 24.4 Å². The van der Waals surface area contributed by atoms with Gasteiger partial charge in [-0.05, 0) is 30.3 Å². The minimum absolute atomic E-state index is 0.0993. The van der Waals surface area contributed by atoms with E-state index < -0.39 is 12.1 Å². The second-order valence-corrected chi connectivity index (χ2v) is 7.37. The van der Waals surface area contributed by atoms with Gasteiger partial charge in [0.15, 0.2) is 5.76 Å². The van der Waals surface area contributed by atoms with Crippen molar-refractivity contribution in [1.29, 1.82) is 0 Å². The van der Waals surface area contributed by atoms with E-state index in [2.05, 4.69) is 9.89 Å². The lowest BCUT2D eigenvalue weighted by atomic mass is 9.83. The molecule has 2 aromatic carbocycles. The van der Waals surface area contributed by atoms with Gasteiger partial charge in [0.2, 0.25) is 0 Å². The molecule has 8 heteroatoms. The first-order chi connectivity index (χ1) is 13.7. The topological polar surface area (TPSA) is 61.6 Å². The zero-order valence-electron chi connectivity index (χ0n) is 15.5. The molecule has 4 rings (SSSR count). The number of rotatable bonds is 4. The number of carbonyl (C=O) groups excluding carboxylic acids is 1. The number of benzene rings is 2. The van der Waals surface area contributed by atoms with Crippen LogP contribution in [0.5, 0.6) is 11.5 Å². The number of hydrogen-bond acceptors (Lipinski definition) is 5. The number of carbonyl (C=O) groups is 1. The molecule has 0 amide bonds. The van der Waals surface area contributed by atoms with E-state index in [9.17, 15) is 18.0 Å². The summed E-state index contributed by atoms with van der Waals surface area (Å²) < 4.78 is 54.2. The maximum Gasteiger partial charge on any atom is 0.573 e. The van der Waals surface area contributed by atoms with Crippen molar-refractivity contribution < 1.29 is 32.0 Å². The molecule has 29 heavy (non-hydrogen) atoms.